The fourth-order valence-electron chi connectivity index (χ4n) is 6.59. The average Bonchev–Trinajstić information content (AvgIpc) is 3.54. The van der Waals surface area contributed by atoms with Gasteiger partial charge in [-0.2, -0.15) is 0 Å². The summed E-state index contributed by atoms with van der Waals surface area (Å²) in [6.45, 7) is 0. The smallest absolute Gasteiger partial charge is 0.136 e. The molecule has 200 valence electrons. The summed E-state index contributed by atoms with van der Waals surface area (Å²) >= 11 is 0. The number of hydrogen-bond donors (Lipinski definition) is 0. The Morgan fingerprint density at radius 1 is 0.419 bits per heavy atom. The number of furan rings is 1. The Kier molecular flexibility index (Phi) is 4.11. The van der Waals surface area contributed by atoms with Gasteiger partial charge >= 0.3 is 0 Å². The van der Waals surface area contributed by atoms with Crippen molar-refractivity contribution in [2.75, 3.05) is 0 Å². The minimum Gasteiger partial charge on any atom is -0.456 e. The predicted molar refractivity (Wildman–Crippen MR) is 183 cm³/mol. The van der Waals surface area contributed by atoms with E-state index in [1.54, 1.807) is 0 Å². The van der Waals surface area contributed by atoms with E-state index in [-0.39, 0.29) is 46.8 Å². The molecule has 8 aromatic carbocycles. The molecule has 1 nitrogen and oxygen atoms in total. The van der Waals surface area contributed by atoms with Gasteiger partial charge in [-0.25, -0.2) is 0 Å². The molecule has 0 saturated carbocycles. The topological polar surface area (TPSA) is 13.1 Å². The Balaban J connectivity index is 1.52. The van der Waals surface area contributed by atoms with Crippen LogP contribution in [0.5, 0.6) is 0 Å². The Morgan fingerprint density at radius 2 is 1.05 bits per heavy atom. The molecule has 9 aromatic rings. The molecule has 1 heterocycles. The molecular formula is C42H26O. The molecule has 0 unspecified atom stereocenters. The summed E-state index contributed by atoms with van der Waals surface area (Å²) in [6, 6.07) is 39.2. The molecule has 9 rings (SSSR count). The van der Waals surface area contributed by atoms with Gasteiger partial charge in [0.05, 0.1) is 8.22 Å². The summed E-state index contributed by atoms with van der Waals surface area (Å²) < 4.78 is 59.5. The number of fused-ring (bicyclic) bond motifs is 6. The third-order valence-corrected chi connectivity index (χ3v) is 8.42. The second kappa shape index (κ2) is 9.44. The van der Waals surface area contributed by atoms with Crippen molar-refractivity contribution in [2.45, 2.75) is 0 Å². The van der Waals surface area contributed by atoms with Crippen molar-refractivity contribution in [1.29, 1.82) is 0 Å². The Hall–Kier alpha value is -5.66. The van der Waals surface area contributed by atoms with Crippen LogP contribution in [0, 0.1) is 0 Å². The van der Waals surface area contributed by atoms with Gasteiger partial charge in [-0.1, -0.05) is 133 Å². The first-order valence-corrected chi connectivity index (χ1v) is 14.3. The van der Waals surface area contributed by atoms with Crippen LogP contribution in [0.4, 0.5) is 0 Å². The van der Waals surface area contributed by atoms with Crippen molar-refractivity contribution >= 4 is 54.3 Å². The largest absolute Gasteiger partial charge is 0.456 e. The zero-order chi connectivity index (χ0) is 33.6. The van der Waals surface area contributed by atoms with Crippen LogP contribution in [0.2, 0.25) is 0 Å². The van der Waals surface area contributed by atoms with Gasteiger partial charge < -0.3 is 4.42 Å². The lowest BCUT2D eigenvalue weighted by Gasteiger charge is -2.20. The van der Waals surface area contributed by atoms with Gasteiger partial charge in [0.25, 0.3) is 0 Å². The minimum absolute atomic E-state index is 0.0235. The number of para-hydroxylation sites is 1. The van der Waals surface area contributed by atoms with Gasteiger partial charge in [0.15, 0.2) is 0 Å². The van der Waals surface area contributed by atoms with Crippen molar-refractivity contribution in [1.82, 2.24) is 0 Å². The summed E-state index contributed by atoms with van der Waals surface area (Å²) in [7, 11) is 0. The zero-order valence-corrected chi connectivity index (χ0v) is 23.0. The fourth-order valence-corrected chi connectivity index (χ4v) is 6.59. The summed E-state index contributed by atoms with van der Waals surface area (Å²) in [5, 5.41) is 6.70. The lowest BCUT2D eigenvalue weighted by Crippen LogP contribution is -1.93. The molecule has 1 aromatic heterocycles. The van der Waals surface area contributed by atoms with Crippen LogP contribution >= 0.6 is 0 Å². The van der Waals surface area contributed by atoms with Crippen molar-refractivity contribution in [2.24, 2.45) is 0 Å². The molecular weight excluding hydrogens is 520 g/mol. The quantitative estimate of drug-likeness (QED) is 0.199. The fraction of sp³-hybridized carbons (Fsp3) is 0. The highest BCUT2D eigenvalue weighted by Gasteiger charge is 2.22. The normalized spacial score (nSPS) is 13.7. The van der Waals surface area contributed by atoms with Gasteiger partial charge in [-0.05, 0) is 84.3 Å². The highest BCUT2D eigenvalue weighted by Crippen LogP contribution is 2.49. The van der Waals surface area contributed by atoms with E-state index in [0.29, 0.717) is 16.5 Å². The molecule has 0 radical (unpaired) electrons. The molecule has 0 bridgehead atoms. The van der Waals surface area contributed by atoms with Crippen molar-refractivity contribution in [3.63, 3.8) is 0 Å². The molecule has 1 heteroatoms. The van der Waals surface area contributed by atoms with Crippen LogP contribution in [0.25, 0.3) is 87.6 Å². The maximum absolute atomic E-state index is 9.61. The lowest BCUT2D eigenvalue weighted by atomic mass is 9.82. The molecule has 0 aliphatic heterocycles. The molecule has 0 spiro atoms. The summed E-state index contributed by atoms with van der Waals surface area (Å²) in [6.07, 6.45) is 0. The van der Waals surface area contributed by atoms with Crippen LogP contribution in [0.15, 0.2) is 162 Å². The van der Waals surface area contributed by atoms with Crippen LogP contribution in [0.1, 0.15) is 8.22 Å². The molecule has 0 aliphatic rings. The van der Waals surface area contributed by atoms with Crippen LogP contribution in [-0.2, 0) is 0 Å². The maximum atomic E-state index is 9.61. The zero-order valence-electron chi connectivity index (χ0n) is 29.0. The Morgan fingerprint density at radius 3 is 1.79 bits per heavy atom. The Bertz CT molecular complexity index is 2780. The third kappa shape index (κ3) is 3.65. The summed E-state index contributed by atoms with van der Waals surface area (Å²) in [5.41, 5.74) is 4.82. The van der Waals surface area contributed by atoms with E-state index in [9.17, 15) is 2.74 Å². The van der Waals surface area contributed by atoms with E-state index in [1.165, 1.54) is 0 Å². The highest BCUT2D eigenvalue weighted by molar-refractivity contribution is 6.25. The summed E-state index contributed by atoms with van der Waals surface area (Å²) in [5.74, 6) is 0. The highest BCUT2D eigenvalue weighted by atomic mass is 16.3. The Labute approximate surface area is 257 Å². The average molecular weight is 553 g/mol. The first-order chi connectivity index (χ1) is 23.8. The molecule has 0 atom stereocenters. The van der Waals surface area contributed by atoms with Gasteiger partial charge in [0.1, 0.15) is 11.2 Å². The first kappa shape index (κ1) is 18.7. The molecule has 43 heavy (non-hydrogen) atoms. The van der Waals surface area contributed by atoms with E-state index in [2.05, 4.69) is 54.6 Å². The monoisotopic (exact) mass is 552 g/mol. The SMILES string of the molecule is [2H]c1c([2H])c([2H])c2c(oc3c([2H])c([2H])c(-c4c5ccccc5c(-c5ccc6ccccc6c5)c5ccccc45)c(-c4ccccc4)c32)c1[2H]. The van der Waals surface area contributed by atoms with E-state index in [4.69, 9.17) is 9.90 Å². The van der Waals surface area contributed by atoms with E-state index >= 15 is 0 Å². The van der Waals surface area contributed by atoms with E-state index < -0.39 is 6.04 Å². The predicted octanol–water partition coefficient (Wildman–Crippen LogP) is 12.0. The standard InChI is InChI=1S/C42H26O/c1-2-13-28(14-3-1)40-36(24-25-38-42(40)35-20-10-11-21-37(35)43-38)41-33-18-8-6-16-31(33)39(32-17-7-9-19-34(32)41)30-23-22-27-12-4-5-15-29(27)26-30/h1-26H/i10D,11D,20D,21D,24D,25D. The van der Waals surface area contributed by atoms with Crippen molar-refractivity contribution in [3.8, 4) is 33.4 Å². The van der Waals surface area contributed by atoms with Crippen molar-refractivity contribution in [3.05, 3.63) is 158 Å². The van der Waals surface area contributed by atoms with Gasteiger partial charge in [-0.15, -0.1) is 0 Å². The molecule has 0 fully saturated rings. The number of benzene rings is 8. The maximum Gasteiger partial charge on any atom is 0.136 e. The molecule has 0 N–H and O–H groups in total. The number of hydrogen-bond acceptors (Lipinski definition) is 1. The first-order valence-electron chi connectivity index (χ1n) is 17.3. The molecule has 0 saturated heterocycles. The lowest BCUT2D eigenvalue weighted by molar-refractivity contribution is 0.669. The van der Waals surface area contributed by atoms with E-state index in [1.807, 2.05) is 66.7 Å². The minimum atomic E-state index is -0.406. The molecule has 0 amide bonds. The third-order valence-electron chi connectivity index (χ3n) is 8.42. The molecule has 0 aliphatic carbocycles. The van der Waals surface area contributed by atoms with Crippen molar-refractivity contribution < 1.29 is 12.6 Å². The van der Waals surface area contributed by atoms with E-state index in [0.717, 1.165) is 54.6 Å². The van der Waals surface area contributed by atoms with Gasteiger partial charge in [-0.3, -0.25) is 0 Å². The summed E-state index contributed by atoms with van der Waals surface area (Å²) in [4.78, 5) is 0. The second-order valence-electron chi connectivity index (χ2n) is 10.8. The van der Waals surface area contributed by atoms with Gasteiger partial charge in [0.2, 0.25) is 0 Å². The van der Waals surface area contributed by atoms with Crippen LogP contribution < -0.4 is 0 Å². The second-order valence-corrected chi connectivity index (χ2v) is 10.8. The van der Waals surface area contributed by atoms with Crippen LogP contribution in [-0.4, -0.2) is 0 Å². The van der Waals surface area contributed by atoms with Gasteiger partial charge in [0, 0.05) is 16.3 Å². The number of rotatable bonds is 3. The van der Waals surface area contributed by atoms with Crippen LogP contribution in [0.3, 0.4) is 0 Å².